The number of ether oxygens (including phenoxy) is 2. The highest BCUT2D eigenvalue weighted by atomic mass is 16.5. The van der Waals surface area contributed by atoms with E-state index < -0.39 is 12.6 Å². The van der Waals surface area contributed by atoms with E-state index in [4.69, 9.17) is 14.6 Å². The van der Waals surface area contributed by atoms with Crippen molar-refractivity contribution < 1.29 is 24.2 Å². The van der Waals surface area contributed by atoms with Crippen LogP contribution in [-0.4, -0.2) is 42.3 Å². The molecule has 1 saturated heterocycles. The Morgan fingerprint density at radius 3 is 2.92 bits per heavy atom. The highest BCUT2D eigenvalue weighted by Gasteiger charge is 2.66. The van der Waals surface area contributed by atoms with E-state index in [9.17, 15) is 9.59 Å². The van der Waals surface area contributed by atoms with Gasteiger partial charge in [-0.2, -0.15) is 0 Å². The first kappa shape index (κ1) is 15.4. The van der Waals surface area contributed by atoms with E-state index in [1.807, 2.05) is 0 Å². The molecule has 2 saturated carbocycles. The van der Waals surface area contributed by atoms with Crippen LogP contribution in [-0.2, 0) is 9.53 Å². The molecule has 3 aliphatic rings. The Labute approximate surface area is 140 Å². The van der Waals surface area contributed by atoms with Crippen molar-refractivity contribution in [1.82, 2.24) is 5.32 Å². The average molecular weight is 331 g/mol. The third kappa shape index (κ3) is 2.36. The number of benzene rings is 1. The maximum Gasteiger partial charge on any atom is 0.341 e. The molecule has 6 nitrogen and oxygen atoms in total. The summed E-state index contributed by atoms with van der Waals surface area (Å²) >= 11 is 0. The van der Waals surface area contributed by atoms with Crippen molar-refractivity contribution in [2.24, 2.45) is 11.3 Å². The molecule has 6 heteroatoms. The Morgan fingerprint density at radius 2 is 2.21 bits per heavy atom. The summed E-state index contributed by atoms with van der Waals surface area (Å²) in [6.45, 7) is 0.375. The van der Waals surface area contributed by atoms with E-state index in [1.165, 1.54) is 6.42 Å². The first-order chi connectivity index (χ1) is 11.6. The summed E-state index contributed by atoms with van der Waals surface area (Å²) in [5.41, 5.74) is 0.642. The number of fused-ring (bicyclic) bond motifs is 2. The minimum absolute atomic E-state index is 0.127. The zero-order valence-corrected chi connectivity index (χ0v) is 13.4. The lowest BCUT2D eigenvalue weighted by molar-refractivity contribution is -0.172. The Kier molecular flexibility index (Phi) is 3.72. The van der Waals surface area contributed by atoms with Crippen molar-refractivity contribution in [1.29, 1.82) is 0 Å². The largest absolute Gasteiger partial charge is 0.482 e. The molecular weight excluding hydrogens is 310 g/mol. The molecule has 0 aromatic heterocycles. The van der Waals surface area contributed by atoms with Gasteiger partial charge in [-0.25, -0.2) is 4.79 Å². The minimum atomic E-state index is -1.04. The van der Waals surface area contributed by atoms with Gasteiger partial charge in [-0.05, 0) is 37.5 Å². The maximum absolute atomic E-state index is 12.6. The average Bonchev–Trinajstić information content (AvgIpc) is 2.94. The predicted molar refractivity (Wildman–Crippen MR) is 85.0 cm³/mol. The van der Waals surface area contributed by atoms with Crippen LogP contribution in [0.25, 0.3) is 0 Å². The Hall–Kier alpha value is -2.08. The lowest BCUT2D eigenvalue weighted by Gasteiger charge is -2.63. The third-order valence-corrected chi connectivity index (χ3v) is 5.78. The number of amides is 1. The van der Waals surface area contributed by atoms with Crippen LogP contribution in [0.4, 0.5) is 0 Å². The predicted octanol–water partition coefficient (Wildman–Crippen LogP) is 1.84. The van der Waals surface area contributed by atoms with Gasteiger partial charge in [-0.3, -0.25) is 4.79 Å². The molecule has 1 aromatic rings. The summed E-state index contributed by atoms with van der Waals surface area (Å²) in [6, 6.07) is 6.85. The number of nitrogens with one attached hydrogen (secondary N) is 1. The molecule has 128 valence electrons. The molecular formula is C18H21NO5. The molecule has 3 unspecified atom stereocenters. The van der Waals surface area contributed by atoms with Gasteiger partial charge in [0.25, 0.3) is 5.91 Å². The molecule has 3 fully saturated rings. The van der Waals surface area contributed by atoms with Gasteiger partial charge in [0.1, 0.15) is 5.75 Å². The number of aliphatic carboxylic acids is 1. The van der Waals surface area contributed by atoms with Gasteiger partial charge in [-0.15, -0.1) is 0 Å². The van der Waals surface area contributed by atoms with E-state index >= 15 is 0 Å². The third-order valence-electron chi connectivity index (χ3n) is 5.78. The summed E-state index contributed by atoms with van der Waals surface area (Å²) in [4.78, 5) is 23.2. The number of hydrogen-bond donors (Lipinski definition) is 2. The standard InChI is InChI=1S/C18H21NO5/c20-14(21)10-24-12-4-1-3-11(9-12)17(22)19-15-13-5-8-23-16(13)18(15)6-2-7-18/h1,3-4,9,13,15-16H,2,5-8,10H2,(H,19,22)(H,20,21). The van der Waals surface area contributed by atoms with Crippen molar-refractivity contribution >= 4 is 11.9 Å². The van der Waals surface area contributed by atoms with Crippen molar-refractivity contribution in [3.05, 3.63) is 29.8 Å². The molecule has 3 atom stereocenters. The molecule has 4 rings (SSSR count). The minimum Gasteiger partial charge on any atom is -0.482 e. The number of carboxylic acid groups (broad SMARTS) is 1. The molecule has 1 amide bonds. The summed E-state index contributed by atoms with van der Waals surface area (Å²) in [7, 11) is 0. The van der Waals surface area contributed by atoms with E-state index in [0.29, 0.717) is 23.3 Å². The summed E-state index contributed by atoms with van der Waals surface area (Å²) in [6.07, 6.45) is 4.79. The number of carboxylic acids is 1. The molecule has 0 radical (unpaired) electrons. The van der Waals surface area contributed by atoms with Crippen LogP contribution in [0.5, 0.6) is 5.75 Å². The topological polar surface area (TPSA) is 84.9 Å². The molecule has 1 aliphatic heterocycles. The molecule has 24 heavy (non-hydrogen) atoms. The smallest absolute Gasteiger partial charge is 0.341 e. The SMILES string of the molecule is O=C(O)COc1cccc(C(=O)NC2C3CCOC3C23CCC3)c1. The van der Waals surface area contributed by atoms with Crippen molar-refractivity contribution in [3.63, 3.8) is 0 Å². The van der Waals surface area contributed by atoms with Gasteiger partial charge in [0.15, 0.2) is 6.61 Å². The van der Waals surface area contributed by atoms with Gasteiger partial charge >= 0.3 is 5.97 Å². The number of hydrogen-bond acceptors (Lipinski definition) is 4. The van der Waals surface area contributed by atoms with Gasteiger partial charge in [-0.1, -0.05) is 12.5 Å². The molecule has 1 heterocycles. The van der Waals surface area contributed by atoms with Crippen LogP contribution in [0.3, 0.4) is 0 Å². The Morgan fingerprint density at radius 1 is 1.38 bits per heavy atom. The second-order valence-corrected chi connectivity index (χ2v) is 6.99. The fraction of sp³-hybridized carbons (Fsp3) is 0.556. The number of carbonyl (C=O) groups is 2. The Bertz CT molecular complexity index is 669. The highest BCUT2D eigenvalue weighted by molar-refractivity contribution is 5.95. The molecule has 1 aromatic carbocycles. The zero-order chi connectivity index (χ0) is 16.7. The molecule has 2 aliphatic carbocycles. The van der Waals surface area contributed by atoms with Crippen LogP contribution in [0.2, 0.25) is 0 Å². The summed E-state index contributed by atoms with van der Waals surface area (Å²) in [5, 5.41) is 11.9. The first-order valence-electron chi connectivity index (χ1n) is 8.47. The van der Waals surface area contributed by atoms with E-state index in [1.54, 1.807) is 24.3 Å². The van der Waals surface area contributed by atoms with Gasteiger partial charge in [0.2, 0.25) is 0 Å². The highest BCUT2D eigenvalue weighted by Crippen LogP contribution is 2.62. The van der Waals surface area contributed by atoms with Crippen molar-refractivity contribution in [2.75, 3.05) is 13.2 Å². The second kappa shape index (κ2) is 5.77. The molecule has 0 bridgehead atoms. The van der Waals surface area contributed by atoms with Gasteiger partial charge in [0.05, 0.1) is 6.10 Å². The Balaban J connectivity index is 1.44. The van der Waals surface area contributed by atoms with Crippen LogP contribution in [0, 0.1) is 11.3 Å². The van der Waals surface area contributed by atoms with Gasteiger partial charge in [0, 0.05) is 29.5 Å². The van der Waals surface area contributed by atoms with Crippen molar-refractivity contribution in [3.8, 4) is 5.75 Å². The lowest BCUT2D eigenvalue weighted by Crippen LogP contribution is -2.71. The van der Waals surface area contributed by atoms with Crippen molar-refractivity contribution in [2.45, 2.75) is 37.8 Å². The number of rotatable bonds is 5. The summed E-state index contributed by atoms with van der Waals surface area (Å²) in [5.74, 6) is -0.351. The van der Waals surface area contributed by atoms with Crippen LogP contribution < -0.4 is 10.1 Å². The lowest BCUT2D eigenvalue weighted by atomic mass is 9.46. The van der Waals surface area contributed by atoms with Crippen LogP contribution >= 0.6 is 0 Å². The first-order valence-corrected chi connectivity index (χ1v) is 8.47. The quantitative estimate of drug-likeness (QED) is 0.860. The molecule has 2 N–H and O–H groups in total. The fourth-order valence-electron chi connectivity index (χ4n) is 4.55. The zero-order valence-electron chi connectivity index (χ0n) is 13.4. The summed E-state index contributed by atoms with van der Waals surface area (Å²) < 4.78 is 11.0. The molecule has 1 spiro atoms. The normalized spacial score (nSPS) is 29.2. The second-order valence-electron chi connectivity index (χ2n) is 6.99. The van der Waals surface area contributed by atoms with E-state index in [0.717, 1.165) is 25.9 Å². The maximum atomic E-state index is 12.6. The van der Waals surface area contributed by atoms with Gasteiger partial charge < -0.3 is 19.9 Å². The number of carbonyl (C=O) groups excluding carboxylic acids is 1. The van der Waals surface area contributed by atoms with E-state index in [2.05, 4.69) is 5.32 Å². The van der Waals surface area contributed by atoms with E-state index in [-0.39, 0.29) is 17.4 Å². The monoisotopic (exact) mass is 331 g/mol. The fourth-order valence-corrected chi connectivity index (χ4v) is 4.55. The van der Waals surface area contributed by atoms with Crippen LogP contribution in [0.15, 0.2) is 24.3 Å². The van der Waals surface area contributed by atoms with Crippen LogP contribution in [0.1, 0.15) is 36.0 Å².